The van der Waals surface area contributed by atoms with Crippen molar-refractivity contribution in [3.05, 3.63) is 29.8 Å². The lowest BCUT2D eigenvalue weighted by Crippen LogP contribution is -2.42. The number of hydrogen-bond donors (Lipinski definition) is 2. The third kappa shape index (κ3) is 7.46. The van der Waals surface area contributed by atoms with Crippen molar-refractivity contribution in [1.82, 2.24) is 15.5 Å². The highest BCUT2D eigenvalue weighted by atomic mass is 127. The van der Waals surface area contributed by atoms with Crippen LogP contribution in [-0.2, 0) is 4.74 Å². The number of ether oxygens (including phenoxy) is 2. The molecule has 1 fully saturated rings. The summed E-state index contributed by atoms with van der Waals surface area (Å²) in [5.41, 5.74) is 1.12. The van der Waals surface area contributed by atoms with Crippen LogP contribution in [0.4, 0.5) is 0 Å². The summed E-state index contributed by atoms with van der Waals surface area (Å²) in [6, 6.07) is 8.47. The van der Waals surface area contributed by atoms with Gasteiger partial charge in [0.2, 0.25) is 0 Å². The molecule has 1 aromatic carbocycles. The number of guanidine groups is 1. The highest BCUT2D eigenvalue weighted by molar-refractivity contribution is 14.0. The van der Waals surface area contributed by atoms with Gasteiger partial charge in [0.05, 0.1) is 25.3 Å². The summed E-state index contributed by atoms with van der Waals surface area (Å²) in [6.45, 7) is 7.35. The van der Waals surface area contributed by atoms with E-state index in [1.807, 2.05) is 12.1 Å². The van der Waals surface area contributed by atoms with E-state index in [9.17, 15) is 0 Å². The van der Waals surface area contributed by atoms with E-state index in [2.05, 4.69) is 55.6 Å². The molecule has 0 aliphatic carbocycles. The third-order valence-corrected chi connectivity index (χ3v) is 4.80. The van der Waals surface area contributed by atoms with Crippen LogP contribution in [0.15, 0.2) is 29.3 Å². The Labute approximate surface area is 181 Å². The Morgan fingerprint density at radius 3 is 2.52 bits per heavy atom. The molecule has 1 aromatic rings. The fourth-order valence-electron chi connectivity index (χ4n) is 3.17. The van der Waals surface area contributed by atoms with Gasteiger partial charge in [-0.3, -0.25) is 4.99 Å². The molecule has 0 spiro atoms. The first-order valence-corrected chi connectivity index (χ1v) is 9.44. The Kier molecular flexibility index (Phi) is 10.4. The van der Waals surface area contributed by atoms with Gasteiger partial charge < -0.3 is 25.0 Å². The smallest absolute Gasteiger partial charge is 0.191 e. The van der Waals surface area contributed by atoms with Gasteiger partial charge in [0.15, 0.2) is 5.96 Å². The lowest BCUT2D eigenvalue weighted by atomic mass is 10.0. The van der Waals surface area contributed by atoms with Gasteiger partial charge in [0.1, 0.15) is 5.75 Å². The summed E-state index contributed by atoms with van der Waals surface area (Å²) >= 11 is 0. The lowest BCUT2D eigenvalue weighted by molar-refractivity contribution is 0.0283. The average molecular weight is 490 g/mol. The van der Waals surface area contributed by atoms with Crippen LogP contribution in [0.2, 0.25) is 0 Å². The normalized spacial score (nSPS) is 20.9. The van der Waals surface area contributed by atoms with Gasteiger partial charge in [-0.05, 0) is 58.5 Å². The molecular weight excluding hydrogens is 455 g/mol. The summed E-state index contributed by atoms with van der Waals surface area (Å²) in [5, 5.41) is 6.81. The first kappa shape index (κ1) is 24.0. The molecule has 2 unspecified atom stereocenters. The number of hydrogen-bond acceptors (Lipinski definition) is 4. The Bertz CT molecular complexity index is 572. The second-order valence-corrected chi connectivity index (χ2v) is 7.23. The molecule has 1 aliphatic rings. The highest BCUT2D eigenvalue weighted by Crippen LogP contribution is 2.25. The summed E-state index contributed by atoms with van der Waals surface area (Å²) in [6.07, 6.45) is 2.19. The van der Waals surface area contributed by atoms with Crippen molar-refractivity contribution in [2.45, 2.75) is 38.3 Å². The Hall–Kier alpha value is -1.06. The van der Waals surface area contributed by atoms with Crippen molar-refractivity contribution in [3.8, 4) is 5.75 Å². The molecule has 0 saturated carbocycles. The minimum Gasteiger partial charge on any atom is -0.497 e. The van der Waals surface area contributed by atoms with E-state index < -0.39 is 0 Å². The SMILES string of the molecule is CCNC(=NCC1(C)CCCO1)NCC(c1ccc(OC)cc1)N(C)C.I. The molecule has 2 N–H and O–H groups in total. The largest absolute Gasteiger partial charge is 0.497 e. The Morgan fingerprint density at radius 1 is 1.30 bits per heavy atom. The maximum absolute atomic E-state index is 5.84. The fourth-order valence-corrected chi connectivity index (χ4v) is 3.17. The fraction of sp³-hybridized carbons (Fsp3) is 0.650. The molecule has 1 heterocycles. The number of aliphatic imine (C=N–C) groups is 1. The van der Waals surface area contributed by atoms with Crippen molar-refractivity contribution in [3.63, 3.8) is 0 Å². The van der Waals surface area contributed by atoms with Gasteiger partial charge >= 0.3 is 0 Å². The zero-order valence-electron chi connectivity index (χ0n) is 17.2. The van der Waals surface area contributed by atoms with Crippen LogP contribution in [0, 0.1) is 0 Å². The number of halogens is 1. The number of nitrogens with zero attached hydrogens (tertiary/aromatic N) is 2. The summed E-state index contributed by atoms with van der Waals surface area (Å²) in [4.78, 5) is 6.96. The van der Waals surface area contributed by atoms with E-state index in [4.69, 9.17) is 14.5 Å². The number of rotatable bonds is 8. The zero-order chi connectivity index (χ0) is 19.0. The van der Waals surface area contributed by atoms with Gasteiger partial charge in [-0.2, -0.15) is 0 Å². The van der Waals surface area contributed by atoms with Crippen molar-refractivity contribution in [2.24, 2.45) is 4.99 Å². The number of benzene rings is 1. The third-order valence-electron chi connectivity index (χ3n) is 4.80. The maximum Gasteiger partial charge on any atom is 0.191 e. The molecule has 0 radical (unpaired) electrons. The predicted octanol–water partition coefficient (Wildman–Crippen LogP) is 3.04. The second kappa shape index (κ2) is 11.7. The minimum absolute atomic E-state index is 0. The Balaban J connectivity index is 0.00000364. The van der Waals surface area contributed by atoms with E-state index in [1.54, 1.807) is 7.11 Å². The topological polar surface area (TPSA) is 58.1 Å². The van der Waals surface area contributed by atoms with E-state index in [0.29, 0.717) is 6.54 Å². The molecule has 27 heavy (non-hydrogen) atoms. The quantitative estimate of drug-likeness (QED) is 0.334. The molecule has 6 nitrogen and oxygen atoms in total. The standard InChI is InChI=1S/C20H34N4O2.HI/c1-6-21-19(23-15-20(2)12-7-13-26-20)22-14-18(24(3)4)16-8-10-17(25-5)11-9-16;/h8-11,18H,6-7,12-15H2,1-5H3,(H2,21,22,23);1H. The van der Waals surface area contributed by atoms with Crippen molar-refractivity contribution in [2.75, 3.05) is 47.4 Å². The van der Waals surface area contributed by atoms with E-state index >= 15 is 0 Å². The molecule has 0 bridgehead atoms. The summed E-state index contributed by atoms with van der Waals surface area (Å²) in [7, 11) is 5.87. The summed E-state index contributed by atoms with van der Waals surface area (Å²) in [5.74, 6) is 1.71. The van der Waals surface area contributed by atoms with Crippen molar-refractivity contribution >= 4 is 29.9 Å². The molecule has 1 aliphatic heterocycles. The molecule has 154 valence electrons. The molecule has 1 saturated heterocycles. The van der Waals surface area contributed by atoms with Crippen molar-refractivity contribution in [1.29, 1.82) is 0 Å². The monoisotopic (exact) mass is 490 g/mol. The van der Waals surface area contributed by atoms with Crippen LogP contribution < -0.4 is 15.4 Å². The summed E-state index contributed by atoms with van der Waals surface area (Å²) < 4.78 is 11.1. The molecular formula is C20H35IN4O2. The van der Waals surface area contributed by atoms with Crippen LogP contribution in [0.25, 0.3) is 0 Å². The highest BCUT2D eigenvalue weighted by Gasteiger charge is 2.29. The first-order valence-electron chi connectivity index (χ1n) is 9.44. The van der Waals surface area contributed by atoms with E-state index in [1.165, 1.54) is 5.56 Å². The second-order valence-electron chi connectivity index (χ2n) is 7.23. The van der Waals surface area contributed by atoms with Gasteiger partial charge in [-0.25, -0.2) is 0 Å². The number of methoxy groups -OCH3 is 1. The van der Waals surface area contributed by atoms with Crippen LogP contribution in [-0.4, -0.2) is 63.9 Å². The average Bonchev–Trinajstić information content (AvgIpc) is 3.07. The molecule has 2 atom stereocenters. The van der Waals surface area contributed by atoms with Crippen molar-refractivity contribution < 1.29 is 9.47 Å². The van der Waals surface area contributed by atoms with E-state index in [0.717, 1.165) is 44.2 Å². The van der Waals surface area contributed by atoms with Gasteiger partial charge in [0, 0.05) is 19.7 Å². The molecule has 0 aromatic heterocycles. The first-order chi connectivity index (χ1) is 12.5. The zero-order valence-corrected chi connectivity index (χ0v) is 19.6. The minimum atomic E-state index is -0.126. The Morgan fingerprint density at radius 2 is 2.00 bits per heavy atom. The van der Waals surface area contributed by atoms with Crippen LogP contribution in [0.3, 0.4) is 0 Å². The van der Waals surface area contributed by atoms with Gasteiger partial charge in [0.25, 0.3) is 0 Å². The number of nitrogens with one attached hydrogen (secondary N) is 2. The molecule has 0 amide bonds. The van der Waals surface area contributed by atoms with Gasteiger partial charge in [-0.15, -0.1) is 24.0 Å². The van der Waals surface area contributed by atoms with E-state index in [-0.39, 0.29) is 35.6 Å². The molecule has 2 rings (SSSR count). The van der Waals surface area contributed by atoms with Crippen LogP contribution in [0.1, 0.15) is 38.3 Å². The predicted molar refractivity (Wildman–Crippen MR) is 122 cm³/mol. The van der Waals surface area contributed by atoms with Crippen LogP contribution in [0.5, 0.6) is 5.75 Å². The maximum atomic E-state index is 5.84. The van der Waals surface area contributed by atoms with Gasteiger partial charge in [-0.1, -0.05) is 12.1 Å². The lowest BCUT2D eigenvalue weighted by Gasteiger charge is -2.27. The molecule has 7 heteroatoms. The van der Waals surface area contributed by atoms with Crippen LogP contribution >= 0.6 is 24.0 Å². The number of likely N-dealkylation sites (N-methyl/N-ethyl adjacent to an activating group) is 1.